The summed E-state index contributed by atoms with van der Waals surface area (Å²) in [5.41, 5.74) is 3.47. The van der Waals surface area contributed by atoms with Crippen LogP contribution in [0.1, 0.15) is 53.7 Å². The number of fused-ring (bicyclic) bond motifs is 1. The highest BCUT2D eigenvalue weighted by Crippen LogP contribution is 2.31. The molecule has 0 saturated carbocycles. The second-order valence-corrected chi connectivity index (χ2v) is 4.44. The van der Waals surface area contributed by atoms with Crippen molar-refractivity contribution in [1.82, 2.24) is 5.32 Å². The summed E-state index contributed by atoms with van der Waals surface area (Å²) < 4.78 is 0. The fourth-order valence-corrected chi connectivity index (χ4v) is 2.54. The van der Waals surface area contributed by atoms with E-state index in [1.54, 1.807) is 0 Å². The van der Waals surface area contributed by atoms with Gasteiger partial charge in [-0.3, -0.25) is 4.79 Å². The van der Waals surface area contributed by atoms with Crippen LogP contribution in [0, 0.1) is 0 Å². The lowest BCUT2D eigenvalue weighted by atomic mass is 9.85. The van der Waals surface area contributed by atoms with Crippen molar-refractivity contribution in [1.29, 1.82) is 0 Å². The van der Waals surface area contributed by atoms with E-state index in [0.29, 0.717) is 6.04 Å². The number of carbonyl (C=O) groups excluding carboxylic acids is 1. The van der Waals surface area contributed by atoms with E-state index in [-0.39, 0.29) is 0 Å². The summed E-state index contributed by atoms with van der Waals surface area (Å²) in [6.45, 7) is 3.19. The number of nitrogens with one attached hydrogen (secondary N) is 1. The molecule has 16 heavy (non-hydrogen) atoms. The van der Waals surface area contributed by atoms with E-state index in [0.717, 1.165) is 37.7 Å². The zero-order chi connectivity index (χ0) is 11.4. The molecule has 0 bridgehead atoms. The number of hydrogen-bond donors (Lipinski definition) is 1. The van der Waals surface area contributed by atoms with Crippen LogP contribution in [0.15, 0.2) is 18.2 Å². The smallest absolute Gasteiger partial charge is 0.150 e. The third kappa shape index (κ3) is 2.17. The Kier molecular flexibility index (Phi) is 3.73. The van der Waals surface area contributed by atoms with Gasteiger partial charge in [0.2, 0.25) is 0 Å². The number of aryl methyl sites for hydroxylation is 1. The molecular formula is C14H19NO. The van der Waals surface area contributed by atoms with Gasteiger partial charge in [0.1, 0.15) is 6.29 Å². The molecule has 0 aromatic heterocycles. The van der Waals surface area contributed by atoms with Crippen LogP contribution in [0.5, 0.6) is 0 Å². The molecule has 0 heterocycles. The highest BCUT2D eigenvalue weighted by atomic mass is 16.1. The van der Waals surface area contributed by atoms with Gasteiger partial charge in [-0.15, -0.1) is 0 Å². The van der Waals surface area contributed by atoms with E-state index in [2.05, 4.69) is 18.3 Å². The normalized spacial score (nSPS) is 19.2. The van der Waals surface area contributed by atoms with E-state index in [1.807, 2.05) is 12.1 Å². The molecule has 1 aromatic carbocycles. The molecule has 0 saturated heterocycles. The summed E-state index contributed by atoms with van der Waals surface area (Å²) in [5, 5.41) is 3.54. The Labute approximate surface area is 97.1 Å². The largest absolute Gasteiger partial charge is 0.310 e. The van der Waals surface area contributed by atoms with Gasteiger partial charge in [-0.1, -0.05) is 25.1 Å². The van der Waals surface area contributed by atoms with Gasteiger partial charge in [0.15, 0.2) is 0 Å². The first-order chi connectivity index (χ1) is 7.86. The van der Waals surface area contributed by atoms with Gasteiger partial charge < -0.3 is 5.32 Å². The lowest BCUT2D eigenvalue weighted by molar-refractivity contribution is 0.112. The molecule has 2 nitrogen and oxygen atoms in total. The molecule has 1 N–H and O–H groups in total. The summed E-state index contributed by atoms with van der Waals surface area (Å²) in [7, 11) is 0. The van der Waals surface area contributed by atoms with Gasteiger partial charge >= 0.3 is 0 Å². The summed E-state index contributed by atoms with van der Waals surface area (Å²) in [6, 6.07) is 6.45. The molecular weight excluding hydrogens is 198 g/mol. The maximum absolute atomic E-state index is 11.1. The highest BCUT2D eigenvalue weighted by Gasteiger charge is 2.21. The molecule has 1 atom stereocenters. The van der Waals surface area contributed by atoms with Crippen LogP contribution in [0.25, 0.3) is 0 Å². The second kappa shape index (κ2) is 5.26. The molecule has 0 radical (unpaired) electrons. The Bertz CT molecular complexity index is 373. The zero-order valence-electron chi connectivity index (χ0n) is 9.83. The molecule has 0 spiro atoms. The average Bonchev–Trinajstić information content (AvgIpc) is 2.35. The Morgan fingerprint density at radius 2 is 2.38 bits per heavy atom. The topological polar surface area (TPSA) is 29.1 Å². The maximum atomic E-state index is 11.1. The number of hydrogen-bond acceptors (Lipinski definition) is 2. The second-order valence-electron chi connectivity index (χ2n) is 4.44. The standard InChI is InChI=1S/C14H19NO/c1-2-9-15-13-8-4-6-11-5-3-7-12(10-16)14(11)13/h3,5,7,10,13,15H,2,4,6,8-9H2,1H3. The number of carbonyl (C=O) groups is 1. The number of benzene rings is 1. The summed E-state index contributed by atoms with van der Waals surface area (Å²) in [4.78, 5) is 11.1. The number of aldehydes is 1. The van der Waals surface area contributed by atoms with Crippen LogP contribution in [0.4, 0.5) is 0 Å². The maximum Gasteiger partial charge on any atom is 0.150 e. The molecule has 1 aliphatic rings. The highest BCUT2D eigenvalue weighted by molar-refractivity contribution is 5.78. The van der Waals surface area contributed by atoms with Gasteiger partial charge in [-0.2, -0.15) is 0 Å². The zero-order valence-corrected chi connectivity index (χ0v) is 9.83. The molecule has 1 unspecified atom stereocenters. The van der Waals surface area contributed by atoms with Crippen LogP contribution < -0.4 is 5.32 Å². The minimum Gasteiger partial charge on any atom is -0.310 e. The van der Waals surface area contributed by atoms with Crippen molar-refractivity contribution in [3.05, 3.63) is 34.9 Å². The van der Waals surface area contributed by atoms with Crippen molar-refractivity contribution < 1.29 is 4.79 Å². The first kappa shape index (κ1) is 11.3. The molecule has 86 valence electrons. The van der Waals surface area contributed by atoms with E-state index in [4.69, 9.17) is 0 Å². The van der Waals surface area contributed by atoms with Gasteiger partial charge in [-0.05, 0) is 43.4 Å². The Balaban J connectivity index is 2.31. The van der Waals surface area contributed by atoms with Crippen molar-refractivity contribution in [2.75, 3.05) is 6.54 Å². The molecule has 0 amide bonds. The van der Waals surface area contributed by atoms with Crippen LogP contribution in [0.3, 0.4) is 0 Å². The van der Waals surface area contributed by atoms with Gasteiger partial charge in [-0.25, -0.2) is 0 Å². The number of rotatable bonds is 4. The van der Waals surface area contributed by atoms with Crippen LogP contribution in [-0.4, -0.2) is 12.8 Å². The molecule has 2 rings (SSSR count). The van der Waals surface area contributed by atoms with Crippen molar-refractivity contribution in [3.8, 4) is 0 Å². The lowest BCUT2D eigenvalue weighted by Gasteiger charge is -2.27. The summed E-state index contributed by atoms with van der Waals surface area (Å²) in [5.74, 6) is 0. The molecule has 2 heteroatoms. The first-order valence-electron chi connectivity index (χ1n) is 6.17. The Morgan fingerprint density at radius 1 is 1.50 bits per heavy atom. The minimum atomic E-state index is 0.380. The summed E-state index contributed by atoms with van der Waals surface area (Å²) >= 11 is 0. The third-order valence-corrected chi connectivity index (χ3v) is 3.29. The van der Waals surface area contributed by atoms with Crippen molar-refractivity contribution >= 4 is 6.29 Å². The Hall–Kier alpha value is -1.15. The molecule has 0 fully saturated rings. The quantitative estimate of drug-likeness (QED) is 0.786. The summed E-state index contributed by atoms with van der Waals surface area (Å²) in [6.07, 6.45) is 5.61. The monoisotopic (exact) mass is 217 g/mol. The Morgan fingerprint density at radius 3 is 3.12 bits per heavy atom. The van der Waals surface area contributed by atoms with E-state index < -0.39 is 0 Å². The predicted molar refractivity (Wildman–Crippen MR) is 65.8 cm³/mol. The van der Waals surface area contributed by atoms with Crippen LogP contribution in [-0.2, 0) is 6.42 Å². The fourth-order valence-electron chi connectivity index (χ4n) is 2.54. The molecule has 1 aliphatic carbocycles. The van der Waals surface area contributed by atoms with Crippen molar-refractivity contribution in [2.24, 2.45) is 0 Å². The van der Waals surface area contributed by atoms with Gasteiger partial charge in [0, 0.05) is 11.6 Å². The van der Waals surface area contributed by atoms with E-state index in [1.165, 1.54) is 17.5 Å². The van der Waals surface area contributed by atoms with Gasteiger partial charge in [0.25, 0.3) is 0 Å². The van der Waals surface area contributed by atoms with E-state index >= 15 is 0 Å². The minimum absolute atomic E-state index is 0.380. The molecule has 1 aromatic rings. The van der Waals surface area contributed by atoms with Crippen LogP contribution in [0.2, 0.25) is 0 Å². The van der Waals surface area contributed by atoms with Crippen LogP contribution >= 0.6 is 0 Å². The average molecular weight is 217 g/mol. The first-order valence-corrected chi connectivity index (χ1v) is 6.17. The fraction of sp³-hybridized carbons (Fsp3) is 0.500. The third-order valence-electron chi connectivity index (χ3n) is 3.29. The van der Waals surface area contributed by atoms with Crippen molar-refractivity contribution in [3.63, 3.8) is 0 Å². The van der Waals surface area contributed by atoms with E-state index in [9.17, 15) is 4.79 Å². The SMILES string of the molecule is CCCNC1CCCc2cccc(C=O)c21. The van der Waals surface area contributed by atoms with Gasteiger partial charge in [0.05, 0.1) is 0 Å². The molecule has 0 aliphatic heterocycles. The van der Waals surface area contributed by atoms with Crippen molar-refractivity contribution in [2.45, 2.75) is 38.6 Å². The predicted octanol–water partition coefficient (Wildman–Crippen LogP) is 2.88. The lowest BCUT2D eigenvalue weighted by Crippen LogP contribution is -2.27.